The number of carbonyl (C=O) groups excluding carboxylic acids is 2. The Labute approximate surface area is 122 Å². The van der Waals surface area contributed by atoms with Crippen molar-refractivity contribution in [1.82, 2.24) is 5.32 Å². The summed E-state index contributed by atoms with van der Waals surface area (Å²) in [5.41, 5.74) is 1.76. The molecule has 0 aromatic heterocycles. The number of carbonyl (C=O) groups is 2. The number of nitrogens with one attached hydrogen (secondary N) is 1. The second-order valence-electron chi connectivity index (χ2n) is 4.39. The Morgan fingerprint density at radius 1 is 1.37 bits per heavy atom. The quantitative estimate of drug-likeness (QED) is 0.904. The third kappa shape index (κ3) is 4.67. The number of rotatable bonds is 5. The van der Waals surface area contributed by atoms with Crippen molar-refractivity contribution < 1.29 is 9.59 Å². The summed E-state index contributed by atoms with van der Waals surface area (Å²) in [5, 5.41) is 2.77. The van der Waals surface area contributed by atoms with Gasteiger partial charge in [0.2, 0.25) is 11.8 Å². The van der Waals surface area contributed by atoms with Crippen LogP contribution in [0.4, 0.5) is 5.69 Å². The fourth-order valence-electron chi connectivity index (χ4n) is 1.65. The summed E-state index contributed by atoms with van der Waals surface area (Å²) >= 11 is 3.42. The highest BCUT2D eigenvalue weighted by molar-refractivity contribution is 9.10. The summed E-state index contributed by atoms with van der Waals surface area (Å²) in [7, 11) is 0. The van der Waals surface area contributed by atoms with Crippen LogP contribution in [0, 0.1) is 6.92 Å². The topological polar surface area (TPSA) is 49.4 Å². The van der Waals surface area contributed by atoms with Crippen molar-refractivity contribution in [3.63, 3.8) is 0 Å². The number of benzene rings is 1. The van der Waals surface area contributed by atoms with Crippen LogP contribution in [-0.2, 0) is 9.59 Å². The molecule has 5 heteroatoms. The molecule has 2 amide bonds. The lowest BCUT2D eigenvalue weighted by Crippen LogP contribution is -2.40. The van der Waals surface area contributed by atoms with Crippen LogP contribution >= 0.6 is 15.9 Å². The molecule has 0 atom stereocenters. The lowest BCUT2D eigenvalue weighted by molar-refractivity contribution is -0.123. The van der Waals surface area contributed by atoms with Crippen molar-refractivity contribution in [1.29, 1.82) is 0 Å². The average Bonchev–Trinajstić information content (AvgIpc) is 2.36. The maximum Gasteiger partial charge on any atom is 0.240 e. The fourth-order valence-corrected chi connectivity index (χ4v) is 1.89. The van der Waals surface area contributed by atoms with Crippen LogP contribution < -0.4 is 10.2 Å². The largest absolute Gasteiger partial charge is 0.355 e. The SMILES string of the molecule is CCCNC(=O)CN(C(C)=O)c1ccc(Br)c(C)c1. The molecule has 1 rings (SSSR count). The van der Waals surface area contributed by atoms with Gasteiger partial charge >= 0.3 is 0 Å². The molecular formula is C14H19BrN2O2. The van der Waals surface area contributed by atoms with Crippen LogP contribution in [-0.4, -0.2) is 24.9 Å². The summed E-state index contributed by atoms with van der Waals surface area (Å²) in [4.78, 5) is 24.9. The minimum absolute atomic E-state index is 0.0520. The summed E-state index contributed by atoms with van der Waals surface area (Å²) < 4.78 is 0.982. The molecule has 0 heterocycles. The number of nitrogens with zero attached hydrogens (tertiary/aromatic N) is 1. The van der Waals surface area contributed by atoms with Gasteiger partial charge in [0, 0.05) is 23.6 Å². The molecule has 1 aromatic carbocycles. The molecule has 0 aliphatic carbocycles. The second-order valence-corrected chi connectivity index (χ2v) is 5.24. The van der Waals surface area contributed by atoms with Crippen molar-refractivity contribution in [2.24, 2.45) is 0 Å². The van der Waals surface area contributed by atoms with Gasteiger partial charge in [0.1, 0.15) is 6.54 Å². The van der Waals surface area contributed by atoms with E-state index in [1.54, 1.807) is 0 Å². The van der Waals surface area contributed by atoms with Gasteiger partial charge in [-0.15, -0.1) is 0 Å². The van der Waals surface area contributed by atoms with Gasteiger partial charge in [0.15, 0.2) is 0 Å². The Kier molecular flexibility index (Phi) is 6.02. The number of anilines is 1. The molecule has 104 valence electrons. The van der Waals surface area contributed by atoms with Gasteiger partial charge in [0.05, 0.1) is 0 Å². The van der Waals surface area contributed by atoms with Gasteiger partial charge in [-0.25, -0.2) is 0 Å². The number of halogens is 1. The third-order valence-electron chi connectivity index (χ3n) is 2.71. The van der Waals surface area contributed by atoms with Crippen molar-refractivity contribution in [3.8, 4) is 0 Å². The summed E-state index contributed by atoms with van der Waals surface area (Å²) in [6.45, 7) is 6.08. The summed E-state index contributed by atoms with van der Waals surface area (Å²) in [6.07, 6.45) is 0.878. The molecule has 19 heavy (non-hydrogen) atoms. The Morgan fingerprint density at radius 3 is 2.58 bits per heavy atom. The van der Waals surface area contributed by atoms with E-state index in [2.05, 4.69) is 21.2 Å². The molecule has 0 unspecified atom stereocenters. The van der Waals surface area contributed by atoms with Crippen molar-refractivity contribution in [3.05, 3.63) is 28.2 Å². The number of hydrogen-bond donors (Lipinski definition) is 1. The van der Waals surface area contributed by atoms with Crippen LogP contribution in [0.1, 0.15) is 25.8 Å². The van der Waals surface area contributed by atoms with Crippen LogP contribution in [0.15, 0.2) is 22.7 Å². The zero-order valence-corrected chi connectivity index (χ0v) is 13.1. The zero-order chi connectivity index (χ0) is 14.4. The number of aryl methyl sites for hydroxylation is 1. The summed E-state index contributed by atoms with van der Waals surface area (Å²) in [5.74, 6) is -0.286. The van der Waals surface area contributed by atoms with E-state index >= 15 is 0 Å². The van der Waals surface area contributed by atoms with Gasteiger partial charge in [-0.1, -0.05) is 22.9 Å². The Bertz CT molecular complexity index is 475. The van der Waals surface area contributed by atoms with Crippen LogP contribution in [0.25, 0.3) is 0 Å². The minimum Gasteiger partial charge on any atom is -0.355 e. The maximum absolute atomic E-state index is 11.7. The minimum atomic E-state index is -0.145. The smallest absolute Gasteiger partial charge is 0.240 e. The predicted octanol–water partition coefficient (Wildman–Crippen LogP) is 2.64. The van der Waals surface area contributed by atoms with E-state index in [-0.39, 0.29) is 18.4 Å². The molecule has 4 nitrogen and oxygen atoms in total. The first-order valence-corrected chi connectivity index (χ1v) is 7.06. The first-order valence-electron chi connectivity index (χ1n) is 6.26. The van der Waals surface area contributed by atoms with Gasteiger partial charge in [-0.2, -0.15) is 0 Å². The highest BCUT2D eigenvalue weighted by atomic mass is 79.9. The first kappa shape index (κ1) is 15.7. The highest BCUT2D eigenvalue weighted by Crippen LogP contribution is 2.23. The lowest BCUT2D eigenvalue weighted by atomic mass is 10.2. The molecule has 0 fully saturated rings. The second kappa shape index (κ2) is 7.28. The summed E-state index contributed by atoms with van der Waals surface area (Å²) in [6, 6.07) is 5.59. The van der Waals surface area contributed by atoms with Crippen molar-refractivity contribution in [2.45, 2.75) is 27.2 Å². The first-order chi connectivity index (χ1) is 8.95. The molecule has 0 bridgehead atoms. The van der Waals surface area contributed by atoms with Crippen molar-refractivity contribution >= 4 is 33.4 Å². The molecular weight excluding hydrogens is 308 g/mol. The molecule has 0 aliphatic rings. The standard InChI is InChI=1S/C14H19BrN2O2/c1-4-7-16-14(19)9-17(11(3)18)12-5-6-13(15)10(2)8-12/h5-6,8H,4,7,9H2,1-3H3,(H,16,19). The van der Waals surface area contributed by atoms with E-state index in [0.29, 0.717) is 6.54 Å². The van der Waals surface area contributed by atoms with Crippen LogP contribution in [0.5, 0.6) is 0 Å². The lowest BCUT2D eigenvalue weighted by Gasteiger charge is -2.21. The van der Waals surface area contributed by atoms with E-state index in [9.17, 15) is 9.59 Å². The Hall–Kier alpha value is -1.36. The van der Waals surface area contributed by atoms with E-state index in [4.69, 9.17) is 0 Å². The van der Waals surface area contributed by atoms with Gasteiger partial charge in [-0.05, 0) is 37.1 Å². The zero-order valence-electron chi connectivity index (χ0n) is 11.5. The third-order valence-corrected chi connectivity index (χ3v) is 3.60. The average molecular weight is 327 g/mol. The van der Waals surface area contributed by atoms with Gasteiger partial charge < -0.3 is 10.2 Å². The molecule has 0 radical (unpaired) electrons. The van der Waals surface area contributed by atoms with E-state index < -0.39 is 0 Å². The molecule has 0 saturated heterocycles. The normalized spacial score (nSPS) is 10.1. The number of amides is 2. The van der Waals surface area contributed by atoms with Gasteiger partial charge in [-0.3, -0.25) is 9.59 Å². The molecule has 1 aromatic rings. The molecule has 0 saturated carbocycles. The maximum atomic E-state index is 11.7. The van der Waals surface area contributed by atoms with E-state index in [0.717, 1.165) is 22.1 Å². The van der Waals surface area contributed by atoms with E-state index in [1.807, 2.05) is 32.0 Å². The van der Waals surface area contributed by atoms with Gasteiger partial charge in [0.25, 0.3) is 0 Å². The molecule has 1 N–H and O–H groups in total. The molecule has 0 spiro atoms. The molecule has 0 aliphatic heterocycles. The van der Waals surface area contributed by atoms with Crippen LogP contribution in [0.2, 0.25) is 0 Å². The monoisotopic (exact) mass is 326 g/mol. The van der Waals surface area contributed by atoms with E-state index in [1.165, 1.54) is 11.8 Å². The fraction of sp³-hybridized carbons (Fsp3) is 0.429. The van der Waals surface area contributed by atoms with Crippen LogP contribution in [0.3, 0.4) is 0 Å². The highest BCUT2D eigenvalue weighted by Gasteiger charge is 2.15. The van der Waals surface area contributed by atoms with Crippen molar-refractivity contribution in [2.75, 3.05) is 18.0 Å². The number of hydrogen-bond acceptors (Lipinski definition) is 2. The Balaban J connectivity index is 2.85. The predicted molar refractivity (Wildman–Crippen MR) is 80.2 cm³/mol. The Morgan fingerprint density at radius 2 is 2.05 bits per heavy atom.